The SMILES string of the molecule is Cc1cccc(-c2nn(C(C)(C)C)c3ncnc(N)c23)c1.Cl. The van der Waals surface area contributed by atoms with Crippen LogP contribution < -0.4 is 5.73 Å². The molecule has 0 amide bonds. The first-order valence-corrected chi connectivity index (χ1v) is 6.94. The van der Waals surface area contributed by atoms with Gasteiger partial charge >= 0.3 is 0 Å². The minimum atomic E-state index is -0.179. The monoisotopic (exact) mass is 317 g/mol. The zero-order valence-corrected chi connectivity index (χ0v) is 14.0. The Labute approximate surface area is 136 Å². The molecule has 3 aromatic rings. The number of hydrogen-bond acceptors (Lipinski definition) is 4. The van der Waals surface area contributed by atoms with E-state index in [1.54, 1.807) is 0 Å². The van der Waals surface area contributed by atoms with Gasteiger partial charge in [-0.25, -0.2) is 14.6 Å². The molecule has 0 aliphatic carbocycles. The van der Waals surface area contributed by atoms with Gasteiger partial charge in [0, 0.05) is 5.56 Å². The highest BCUT2D eigenvalue weighted by Gasteiger charge is 2.23. The van der Waals surface area contributed by atoms with E-state index in [0.717, 1.165) is 22.3 Å². The fourth-order valence-corrected chi connectivity index (χ4v) is 2.44. The Morgan fingerprint density at radius 1 is 1.14 bits per heavy atom. The van der Waals surface area contributed by atoms with E-state index in [1.165, 1.54) is 11.9 Å². The predicted octanol–water partition coefficient (Wildman–Crippen LogP) is 3.56. The van der Waals surface area contributed by atoms with Gasteiger partial charge in [0.2, 0.25) is 0 Å². The van der Waals surface area contributed by atoms with E-state index in [9.17, 15) is 0 Å². The zero-order chi connectivity index (χ0) is 15.2. The minimum absolute atomic E-state index is 0. The van der Waals surface area contributed by atoms with E-state index in [0.29, 0.717) is 5.82 Å². The van der Waals surface area contributed by atoms with E-state index in [4.69, 9.17) is 10.8 Å². The number of nitrogens with two attached hydrogens (primary N) is 1. The second-order valence-corrected chi connectivity index (χ2v) is 6.26. The first kappa shape index (κ1) is 16.2. The summed E-state index contributed by atoms with van der Waals surface area (Å²) < 4.78 is 1.91. The highest BCUT2D eigenvalue weighted by Crippen LogP contribution is 2.32. The molecule has 6 heteroatoms. The number of nitrogen functional groups attached to an aromatic ring is 1. The molecule has 0 unspecified atom stereocenters. The lowest BCUT2D eigenvalue weighted by Gasteiger charge is -2.19. The average molecular weight is 318 g/mol. The normalized spacial score (nSPS) is 11.5. The number of hydrogen-bond donors (Lipinski definition) is 1. The third kappa shape index (κ3) is 2.64. The summed E-state index contributed by atoms with van der Waals surface area (Å²) in [6, 6.07) is 8.22. The molecular formula is C16H20ClN5. The van der Waals surface area contributed by atoms with Crippen LogP contribution in [-0.2, 0) is 5.54 Å². The Morgan fingerprint density at radius 2 is 1.86 bits per heavy atom. The van der Waals surface area contributed by atoms with Crippen LogP contribution >= 0.6 is 12.4 Å². The molecule has 0 spiro atoms. The van der Waals surface area contributed by atoms with Crippen molar-refractivity contribution in [1.82, 2.24) is 19.7 Å². The van der Waals surface area contributed by atoms with Crippen LogP contribution in [0.1, 0.15) is 26.3 Å². The topological polar surface area (TPSA) is 69.6 Å². The van der Waals surface area contributed by atoms with Gasteiger partial charge in [-0.15, -0.1) is 12.4 Å². The van der Waals surface area contributed by atoms with E-state index in [1.807, 2.05) is 16.8 Å². The Morgan fingerprint density at radius 3 is 2.50 bits per heavy atom. The van der Waals surface area contributed by atoms with E-state index in [2.05, 4.69) is 49.8 Å². The number of aromatic nitrogens is 4. The quantitative estimate of drug-likeness (QED) is 0.745. The predicted molar refractivity (Wildman–Crippen MR) is 92.2 cm³/mol. The molecule has 3 rings (SSSR count). The Kier molecular flexibility index (Phi) is 4.11. The summed E-state index contributed by atoms with van der Waals surface area (Å²) >= 11 is 0. The maximum Gasteiger partial charge on any atom is 0.164 e. The minimum Gasteiger partial charge on any atom is -0.383 e. The van der Waals surface area contributed by atoms with Crippen LogP contribution in [0.15, 0.2) is 30.6 Å². The Balaban J connectivity index is 0.00000176. The summed E-state index contributed by atoms with van der Waals surface area (Å²) in [7, 11) is 0. The summed E-state index contributed by atoms with van der Waals surface area (Å²) in [5.41, 5.74) is 9.72. The first-order valence-electron chi connectivity index (χ1n) is 6.94. The van der Waals surface area contributed by atoms with Crippen molar-refractivity contribution >= 4 is 29.3 Å². The third-order valence-electron chi connectivity index (χ3n) is 3.42. The fraction of sp³-hybridized carbons (Fsp3) is 0.312. The van der Waals surface area contributed by atoms with Crippen molar-refractivity contribution in [2.24, 2.45) is 0 Å². The molecule has 0 bridgehead atoms. The number of nitrogens with zero attached hydrogens (tertiary/aromatic N) is 4. The molecule has 0 aliphatic heterocycles. The van der Waals surface area contributed by atoms with Crippen LogP contribution in [0.3, 0.4) is 0 Å². The molecule has 0 aliphatic rings. The molecule has 0 saturated carbocycles. The van der Waals surface area contributed by atoms with Crippen molar-refractivity contribution in [3.05, 3.63) is 36.2 Å². The van der Waals surface area contributed by atoms with Crippen molar-refractivity contribution in [2.45, 2.75) is 33.2 Å². The van der Waals surface area contributed by atoms with Gasteiger partial charge in [-0.2, -0.15) is 5.10 Å². The molecule has 2 N–H and O–H groups in total. The summed E-state index contributed by atoms with van der Waals surface area (Å²) in [5, 5.41) is 5.58. The fourth-order valence-electron chi connectivity index (χ4n) is 2.44. The lowest BCUT2D eigenvalue weighted by molar-refractivity contribution is 0.367. The van der Waals surface area contributed by atoms with Gasteiger partial charge in [0.15, 0.2) is 5.65 Å². The number of anilines is 1. The van der Waals surface area contributed by atoms with Gasteiger partial charge in [0.1, 0.15) is 17.8 Å². The van der Waals surface area contributed by atoms with E-state index >= 15 is 0 Å². The second kappa shape index (κ2) is 5.57. The van der Waals surface area contributed by atoms with Crippen molar-refractivity contribution < 1.29 is 0 Å². The van der Waals surface area contributed by atoms with Crippen molar-refractivity contribution in [3.8, 4) is 11.3 Å². The maximum atomic E-state index is 6.08. The zero-order valence-electron chi connectivity index (χ0n) is 13.2. The van der Waals surface area contributed by atoms with Crippen LogP contribution in [0.4, 0.5) is 5.82 Å². The van der Waals surface area contributed by atoms with Crippen molar-refractivity contribution in [2.75, 3.05) is 5.73 Å². The van der Waals surface area contributed by atoms with E-state index in [-0.39, 0.29) is 17.9 Å². The molecule has 0 atom stereocenters. The maximum absolute atomic E-state index is 6.08. The third-order valence-corrected chi connectivity index (χ3v) is 3.42. The summed E-state index contributed by atoms with van der Waals surface area (Å²) in [4.78, 5) is 8.51. The highest BCUT2D eigenvalue weighted by atomic mass is 35.5. The lowest BCUT2D eigenvalue weighted by atomic mass is 10.1. The van der Waals surface area contributed by atoms with Gasteiger partial charge in [0.05, 0.1) is 10.9 Å². The largest absolute Gasteiger partial charge is 0.383 e. The first-order chi connectivity index (χ1) is 9.88. The molecule has 0 fully saturated rings. The number of halogens is 1. The number of aryl methyl sites for hydroxylation is 1. The van der Waals surface area contributed by atoms with Crippen molar-refractivity contribution in [1.29, 1.82) is 0 Å². The molecular weight excluding hydrogens is 298 g/mol. The second-order valence-electron chi connectivity index (χ2n) is 6.26. The molecule has 1 aromatic carbocycles. The lowest BCUT2D eigenvalue weighted by Crippen LogP contribution is -2.23. The smallest absolute Gasteiger partial charge is 0.164 e. The highest BCUT2D eigenvalue weighted by molar-refractivity contribution is 5.98. The van der Waals surface area contributed by atoms with Crippen LogP contribution in [0.2, 0.25) is 0 Å². The van der Waals surface area contributed by atoms with Gasteiger partial charge in [-0.05, 0) is 33.8 Å². The Bertz CT molecular complexity index is 817. The van der Waals surface area contributed by atoms with Crippen LogP contribution in [0, 0.1) is 6.92 Å². The van der Waals surface area contributed by atoms with Crippen LogP contribution in [0.25, 0.3) is 22.3 Å². The molecule has 0 saturated heterocycles. The standard InChI is InChI=1S/C16H19N5.ClH/c1-10-6-5-7-11(8-10)13-12-14(17)18-9-19-15(12)21(20-13)16(2,3)4;/h5-9H,1-4H3,(H2,17,18,19);1H. The molecule has 116 valence electrons. The van der Waals surface area contributed by atoms with E-state index < -0.39 is 0 Å². The Hall–Kier alpha value is -2.14. The van der Waals surface area contributed by atoms with Crippen LogP contribution in [-0.4, -0.2) is 19.7 Å². The number of benzene rings is 1. The molecule has 2 heterocycles. The average Bonchev–Trinajstić information content (AvgIpc) is 2.79. The van der Waals surface area contributed by atoms with Crippen LogP contribution in [0.5, 0.6) is 0 Å². The number of fused-ring (bicyclic) bond motifs is 1. The van der Waals surface area contributed by atoms with Gasteiger partial charge in [-0.3, -0.25) is 0 Å². The molecule has 5 nitrogen and oxygen atoms in total. The van der Waals surface area contributed by atoms with Crippen molar-refractivity contribution in [3.63, 3.8) is 0 Å². The molecule has 22 heavy (non-hydrogen) atoms. The summed E-state index contributed by atoms with van der Waals surface area (Å²) in [6.45, 7) is 8.35. The van der Waals surface area contributed by atoms with Gasteiger partial charge in [0.25, 0.3) is 0 Å². The molecule has 0 radical (unpaired) electrons. The summed E-state index contributed by atoms with van der Waals surface area (Å²) in [6.07, 6.45) is 1.49. The molecule has 2 aromatic heterocycles. The number of rotatable bonds is 1. The summed E-state index contributed by atoms with van der Waals surface area (Å²) in [5.74, 6) is 0.465. The van der Waals surface area contributed by atoms with Gasteiger partial charge in [-0.1, -0.05) is 23.8 Å². The van der Waals surface area contributed by atoms with Gasteiger partial charge < -0.3 is 5.73 Å².